The number of benzene rings is 1. The van der Waals surface area contributed by atoms with Crippen molar-refractivity contribution >= 4 is 11.7 Å². The van der Waals surface area contributed by atoms with E-state index in [0.29, 0.717) is 11.5 Å². The van der Waals surface area contributed by atoms with Crippen LogP contribution < -0.4 is 10.5 Å². The Balaban J connectivity index is 1.37. The molecule has 0 unspecified atom stereocenters. The lowest BCUT2D eigenvalue weighted by molar-refractivity contribution is -0.146. The summed E-state index contributed by atoms with van der Waals surface area (Å²) in [6, 6.07) is 7.28. The van der Waals surface area contributed by atoms with Gasteiger partial charge in [-0.3, -0.25) is 9.59 Å². The third-order valence-electron chi connectivity index (χ3n) is 6.30. The lowest BCUT2D eigenvalue weighted by atomic mass is 9.48. The number of carbonyl (C=O) groups excluding carboxylic acids is 2. The molecule has 0 spiro atoms. The number of ether oxygens (including phenoxy) is 1. The molecule has 0 radical (unpaired) electrons. The van der Waals surface area contributed by atoms with Gasteiger partial charge in [-0.2, -0.15) is 0 Å². The first kappa shape index (κ1) is 15.7. The summed E-state index contributed by atoms with van der Waals surface area (Å²) in [6.07, 6.45) is 7.50. The number of carbonyl (C=O) groups is 2. The van der Waals surface area contributed by atoms with Gasteiger partial charge in [-0.1, -0.05) is 12.1 Å². The standard InChI is InChI=1S/C20H25NO3/c21-19(23)8-13-1-3-17(4-2-13)24-12-18(22)20-9-14-5-15(10-20)7-16(6-14)11-20/h1-4,14-16H,5-12H2,(H2,21,23). The quantitative estimate of drug-likeness (QED) is 0.873. The van der Waals surface area contributed by atoms with Crippen LogP contribution in [0.15, 0.2) is 24.3 Å². The zero-order valence-corrected chi connectivity index (χ0v) is 14.0. The Morgan fingerprint density at radius 1 is 1.00 bits per heavy atom. The van der Waals surface area contributed by atoms with E-state index in [1.807, 2.05) is 24.3 Å². The molecule has 4 fully saturated rings. The van der Waals surface area contributed by atoms with Gasteiger partial charge in [0.1, 0.15) is 12.4 Å². The summed E-state index contributed by atoms with van der Waals surface area (Å²) in [6.45, 7) is 0.168. The minimum absolute atomic E-state index is 0.0966. The summed E-state index contributed by atoms with van der Waals surface area (Å²) in [5.74, 6) is 2.94. The number of hydrogen-bond acceptors (Lipinski definition) is 3. The molecule has 4 nitrogen and oxygen atoms in total. The van der Waals surface area contributed by atoms with Gasteiger partial charge in [-0.15, -0.1) is 0 Å². The van der Waals surface area contributed by atoms with Crippen LogP contribution in [-0.2, 0) is 16.0 Å². The Bertz CT molecular complexity index is 614. The average Bonchev–Trinajstić information content (AvgIpc) is 2.52. The second-order valence-corrected chi connectivity index (χ2v) is 8.20. The van der Waals surface area contributed by atoms with E-state index in [1.165, 1.54) is 19.3 Å². The predicted molar refractivity (Wildman–Crippen MR) is 90.4 cm³/mol. The molecule has 4 heteroatoms. The molecule has 0 atom stereocenters. The van der Waals surface area contributed by atoms with Gasteiger partial charge in [0.05, 0.1) is 6.42 Å². The molecule has 0 heterocycles. The number of amides is 1. The maximum Gasteiger partial charge on any atom is 0.221 e. The van der Waals surface area contributed by atoms with Gasteiger partial charge in [0, 0.05) is 5.41 Å². The van der Waals surface area contributed by atoms with E-state index in [1.54, 1.807) is 0 Å². The predicted octanol–water partition coefficient (Wildman–Crippen LogP) is 2.88. The molecule has 0 saturated heterocycles. The van der Waals surface area contributed by atoms with Gasteiger partial charge in [0.15, 0.2) is 5.78 Å². The Morgan fingerprint density at radius 3 is 2.04 bits per heavy atom. The molecule has 128 valence electrons. The summed E-state index contributed by atoms with van der Waals surface area (Å²) >= 11 is 0. The molecule has 5 rings (SSSR count). The van der Waals surface area contributed by atoms with Crippen LogP contribution in [0.2, 0.25) is 0 Å². The molecule has 4 aliphatic rings. The minimum Gasteiger partial charge on any atom is -0.486 e. The van der Waals surface area contributed by atoms with Crippen molar-refractivity contribution in [3.63, 3.8) is 0 Å². The number of hydrogen-bond donors (Lipinski definition) is 1. The number of ketones is 1. The van der Waals surface area contributed by atoms with Crippen molar-refractivity contribution in [2.75, 3.05) is 6.61 Å². The average molecular weight is 327 g/mol. The zero-order valence-electron chi connectivity index (χ0n) is 14.0. The highest BCUT2D eigenvalue weighted by Gasteiger charge is 2.54. The molecule has 24 heavy (non-hydrogen) atoms. The van der Waals surface area contributed by atoms with Crippen molar-refractivity contribution in [1.82, 2.24) is 0 Å². The fourth-order valence-corrected chi connectivity index (χ4v) is 5.66. The first-order valence-electron chi connectivity index (χ1n) is 9.06. The third-order valence-corrected chi connectivity index (χ3v) is 6.30. The van der Waals surface area contributed by atoms with Crippen LogP contribution in [0.3, 0.4) is 0 Å². The molecular formula is C20H25NO3. The van der Waals surface area contributed by atoms with Gasteiger partial charge < -0.3 is 10.5 Å². The molecule has 4 bridgehead atoms. The van der Waals surface area contributed by atoms with Crippen LogP contribution >= 0.6 is 0 Å². The van der Waals surface area contributed by atoms with Gasteiger partial charge >= 0.3 is 0 Å². The second-order valence-electron chi connectivity index (χ2n) is 8.20. The summed E-state index contributed by atoms with van der Waals surface area (Å²) in [4.78, 5) is 23.8. The van der Waals surface area contributed by atoms with Crippen molar-refractivity contribution < 1.29 is 14.3 Å². The van der Waals surface area contributed by atoms with E-state index in [2.05, 4.69) is 0 Å². The lowest BCUT2D eigenvalue weighted by Crippen LogP contribution is -2.51. The lowest BCUT2D eigenvalue weighted by Gasteiger charge is -2.55. The van der Waals surface area contributed by atoms with E-state index in [4.69, 9.17) is 10.5 Å². The maximum absolute atomic E-state index is 12.9. The van der Waals surface area contributed by atoms with E-state index in [-0.39, 0.29) is 24.3 Å². The molecule has 0 aromatic heterocycles. The van der Waals surface area contributed by atoms with Crippen LogP contribution in [0.1, 0.15) is 44.1 Å². The van der Waals surface area contributed by atoms with E-state index in [9.17, 15) is 9.59 Å². The Labute approximate surface area is 142 Å². The Kier molecular flexibility index (Phi) is 3.86. The van der Waals surface area contributed by atoms with Gasteiger partial charge in [0.2, 0.25) is 5.91 Å². The monoisotopic (exact) mass is 327 g/mol. The molecule has 1 amide bonds. The number of Topliss-reactive ketones (excluding diaryl/α,β-unsaturated/α-hetero) is 1. The minimum atomic E-state index is -0.347. The van der Waals surface area contributed by atoms with E-state index >= 15 is 0 Å². The van der Waals surface area contributed by atoms with Crippen LogP contribution in [-0.4, -0.2) is 18.3 Å². The smallest absolute Gasteiger partial charge is 0.221 e. The highest BCUT2D eigenvalue weighted by Crippen LogP contribution is 2.60. The van der Waals surface area contributed by atoms with Gasteiger partial charge in [-0.05, 0) is 74.0 Å². The van der Waals surface area contributed by atoms with Crippen molar-refractivity contribution in [2.45, 2.75) is 44.9 Å². The molecule has 1 aromatic rings. The third kappa shape index (κ3) is 2.94. The van der Waals surface area contributed by atoms with E-state index < -0.39 is 0 Å². The number of primary amides is 1. The number of rotatable bonds is 6. The maximum atomic E-state index is 12.9. The first-order valence-corrected chi connectivity index (χ1v) is 9.06. The van der Waals surface area contributed by atoms with Gasteiger partial charge in [0.25, 0.3) is 0 Å². The summed E-state index contributed by atoms with van der Waals surface area (Å²) in [5, 5.41) is 0. The van der Waals surface area contributed by atoms with Crippen LogP contribution in [0.25, 0.3) is 0 Å². The summed E-state index contributed by atoms with van der Waals surface area (Å²) in [7, 11) is 0. The van der Waals surface area contributed by atoms with Crippen molar-refractivity contribution in [2.24, 2.45) is 28.9 Å². The largest absolute Gasteiger partial charge is 0.486 e. The Morgan fingerprint density at radius 2 is 1.54 bits per heavy atom. The topological polar surface area (TPSA) is 69.4 Å². The molecular weight excluding hydrogens is 302 g/mol. The highest BCUT2D eigenvalue weighted by atomic mass is 16.5. The van der Waals surface area contributed by atoms with Crippen molar-refractivity contribution in [1.29, 1.82) is 0 Å². The van der Waals surface area contributed by atoms with Gasteiger partial charge in [-0.25, -0.2) is 0 Å². The molecule has 2 N–H and O–H groups in total. The first-order chi connectivity index (χ1) is 11.5. The zero-order chi connectivity index (χ0) is 16.7. The van der Waals surface area contributed by atoms with Crippen molar-refractivity contribution in [3.8, 4) is 5.75 Å². The van der Waals surface area contributed by atoms with Crippen molar-refractivity contribution in [3.05, 3.63) is 29.8 Å². The number of nitrogens with two attached hydrogens (primary N) is 1. The fraction of sp³-hybridized carbons (Fsp3) is 0.600. The highest BCUT2D eigenvalue weighted by molar-refractivity contribution is 5.86. The molecule has 0 aliphatic heterocycles. The van der Waals surface area contributed by atoms with Crippen LogP contribution in [0.4, 0.5) is 0 Å². The fourth-order valence-electron chi connectivity index (χ4n) is 5.66. The molecule has 4 aliphatic carbocycles. The van der Waals surface area contributed by atoms with Crippen LogP contribution in [0.5, 0.6) is 5.75 Å². The SMILES string of the molecule is NC(=O)Cc1ccc(OCC(=O)C23CC4CC(CC(C4)C2)C3)cc1. The van der Waals surface area contributed by atoms with Crippen LogP contribution in [0, 0.1) is 23.2 Å². The Hall–Kier alpha value is -1.84. The summed E-state index contributed by atoms with van der Waals surface area (Å²) < 4.78 is 5.75. The second kappa shape index (κ2) is 5.91. The van der Waals surface area contributed by atoms with E-state index in [0.717, 1.165) is 42.6 Å². The molecule has 1 aromatic carbocycles. The normalized spacial score (nSPS) is 33.4. The summed E-state index contributed by atoms with van der Waals surface area (Å²) in [5.41, 5.74) is 5.96. The molecule has 4 saturated carbocycles.